The lowest BCUT2D eigenvalue weighted by atomic mass is 10.1. The number of carboxylic acid groups (broad SMARTS) is 18. The molecule has 0 aliphatic rings. The van der Waals surface area contributed by atoms with E-state index >= 15 is 0 Å². The van der Waals surface area contributed by atoms with E-state index in [1.807, 2.05) is 0 Å². The molecule has 36 heteroatoms. The zero-order valence-corrected chi connectivity index (χ0v) is 75.3. The first-order valence-electron chi connectivity index (χ1n) is 45.6. The molecule has 0 saturated heterocycles. The molecular weight excluding hydrogens is 1660 g/mol. The SMILES string of the molecule is O=C(O)CCCCCCCCC(=O)O.O=C(O)CCCCCCCCC(=O)O.O=C(O)CCCCCCCCC(=O)O.O=C(O)CCCCCCCCC(=O)O.O=C(O)CCCCCCCCC(=O)O.O=C(O)CCCCCCCCC(=O)O.O=C(O)CCCCCCCCC(=O)O.O=C(O)CCCCCCCCC(=O)O.O=C(O)CCCCCCCCC(=O)O. The maximum absolute atomic E-state index is 10.1. The van der Waals surface area contributed by atoms with E-state index in [0.29, 0.717) is 0 Å². The number of rotatable bonds is 81. The summed E-state index contributed by atoms with van der Waals surface area (Å²) >= 11 is 0. The molecule has 0 aromatic heterocycles. The second kappa shape index (κ2) is 112. The molecule has 36 nitrogen and oxygen atoms in total. The molecule has 0 aromatic carbocycles. The van der Waals surface area contributed by atoms with Crippen LogP contribution in [0.25, 0.3) is 0 Å². The molecule has 0 rings (SSSR count). The van der Waals surface area contributed by atoms with E-state index in [1.54, 1.807) is 0 Å². The van der Waals surface area contributed by atoms with Gasteiger partial charge in [0.05, 0.1) is 0 Å². The molecule has 0 unspecified atom stereocenters. The van der Waals surface area contributed by atoms with Gasteiger partial charge >= 0.3 is 107 Å². The van der Waals surface area contributed by atoms with Gasteiger partial charge in [-0.1, -0.05) is 231 Å². The third kappa shape index (κ3) is 184. The zero-order valence-electron chi connectivity index (χ0n) is 75.3. The molecule has 0 fully saturated rings. The van der Waals surface area contributed by atoms with Crippen molar-refractivity contribution in [1.29, 1.82) is 0 Å². The first-order chi connectivity index (χ1) is 59.6. The third-order valence-electron chi connectivity index (χ3n) is 18.3. The molecular formula is C90H162O36. The van der Waals surface area contributed by atoms with Gasteiger partial charge in [-0.3, -0.25) is 86.3 Å². The summed E-state index contributed by atoms with van der Waals surface area (Å²) < 4.78 is 0. The van der Waals surface area contributed by atoms with Crippen LogP contribution in [-0.2, 0) is 86.3 Å². The lowest BCUT2D eigenvalue weighted by molar-refractivity contribution is -0.138. The zero-order chi connectivity index (χ0) is 97.3. The summed E-state index contributed by atoms with van der Waals surface area (Å²) in [5.41, 5.74) is 0. The van der Waals surface area contributed by atoms with Gasteiger partial charge in [-0.25, -0.2) is 0 Å². The summed E-state index contributed by atoms with van der Waals surface area (Å²) in [7, 11) is 0. The van der Waals surface area contributed by atoms with Crippen molar-refractivity contribution < 1.29 is 178 Å². The van der Waals surface area contributed by atoms with E-state index in [0.717, 1.165) is 347 Å². The number of hydrogen-bond acceptors (Lipinski definition) is 18. The minimum absolute atomic E-state index is 0.245. The smallest absolute Gasteiger partial charge is 0.303 e. The van der Waals surface area contributed by atoms with Crippen LogP contribution < -0.4 is 0 Å². The molecule has 0 heterocycles. The van der Waals surface area contributed by atoms with E-state index in [4.69, 9.17) is 91.9 Å². The number of carboxylic acids is 18. The molecule has 0 amide bonds. The van der Waals surface area contributed by atoms with Gasteiger partial charge in [-0.2, -0.15) is 0 Å². The molecule has 0 saturated carbocycles. The highest BCUT2D eigenvalue weighted by atomic mass is 16.4. The fourth-order valence-corrected chi connectivity index (χ4v) is 11.3. The van der Waals surface area contributed by atoms with Crippen LogP contribution in [0.4, 0.5) is 0 Å². The van der Waals surface area contributed by atoms with Crippen LogP contribution in [0, 0.1) is 0 Å². The fourth-order valence-electron chi connectivity index (χ4n) is 11.3. The first-order valence-corrected chi connectivity index (χ1v) is 45.6. The highest BCUT2D eigenvalue weighted by Crippen LogP contribution is 2.16. The molecule has 0 radical (unpaired) electrons. The van der Waals surface area contributed by atoms with E-state index in [1.165, 1.54) is 0 Å². The molecule has 0 bridgehead atoms. The van der Waals surface area contributed by atoms with Crippen LogP contribution in [0.3, 0.4) is 0 Å². The molecule has 18 N–H and O–H groups in total. The van der Waals surface area contributed by atoms with Crippen LogP contribution in [0.2, 0.25) is 0 Å². The number of unbranched alkanes of at least 4 members (excludes halogenated alkanes) is 45. The maximum atomic E-state index is 10.1. The van der Waals surface area contributed by atoms with Gasteiger partial charge in [-0.15, -0.1) is 0 Å². The summed E-state index contributed by atoms with van der Waals surface area (Å²) in [5, 5.41) is 150. The lowest BCUT2D eigenvalue weighted by Crippen LogP contribution is -1.94. The van der Waals surface area contributed by atoms with E-state index in [9.17, 15) is 86.3 Å². The largest absolute Gasteiger partial charge is 0.481 e. The van der Waals surface area contributed by atoms with Crippen molar-refractivity contribution >= 4 is 107 Å². The average molecular weight is 1820 g/mol. The van der Waals surface area contributed by atoms with Gasteiger partial charge < -0.3 is 91.9 Å². The first kappa shape index (κ1) is 134. The normalized spacial score (nSPS) is 10.0. The van der Waals surface area contributed by atoms with Crippen LogP contribution in [0.1, 0.15) is 462 Å². The minimum Gasteiger partial charge on any atom is -0.481 e. The van der Waals surface area contributed by atoms with Crippen molar-refractivity contribution in [3.05, 3.63) is 0 Å². The van der Waals surface area contributed by atoms with Crippen LogP contribution in [-0.4, -0.2) is 199 Å². The van der Waals surface area contributed by atoms with Crippen LogP contribution >= 0.6 is 0 Å². The van der Waals surface area contributed by atoms with Crippen LogP contribution in [0.5, 0.6) is 0 Å². The van der Waals surface area contributed by atoms with Gasteiger partial charge in [0.2, 0.25) is 0 Å². The van der Waals surface area contributed by atoms with E-state index in [-0.39, 0.29) is 116 Å². The Morgan fingerprint density at radius 1 is 0.0714 bits per heavy atom. The Labute approximate surface area is 744 Å². The minimum atomic E-state index is -0.740. The Morgan fingerprint density at radius 3 is 0.135 bits per heavy atom. The highest BCUT2D eigenvalue weighted by molar-refractivity contribution is 5.71. The number of aliphatic carboxylic acids is 18. The number of hydrogen-bond donors (Lipinski definition) is 18. The van der Waals surface area contributed by atoms with Gasteiger partial charge in [0.25, 0.3) is 0 Å². The van der Waals surface area contributed by atoms with E-state index < -0.39 is 107 Å². The van der Waals surface area contributed by atoms with E-state index in [2.05, 4.69) is 0 Å². The van der Waals surface area contributed by atoms with Gasteiger partial charge in [0.1, 0.15) is 0 Å². The van der Waals surface area contributed by atoms with Crippen molar-refractivity contribution in [1.82, 2.24) is 0 Å². The summed E-state index contributed by atoms with van der Waals surface area (Å²) in [6.45, 7) is 0. The molecule has 0 spiro atoms. The van der Waals surface area contributed by atoms with Crippen molar-refractivity contribution in [2.75, 3.05) is 0 Å². The third-order valence-corrected chi connectivity index (χ3v) is 18.3. The second-order valence-electron chi connectivity index (χ2n) is 30.7. The van der Waals surface area contributed by atoms with Crippen molar-refractivity contribution in [2.45, 2.75) is 462 Å². The monoisotopic (exact) mass is 1820 g/mol. The fraction of sp³-hybridized carbons (Fsp3) is 0.800. The molecule has 126 heavy (non-hydrogen) atoms. The number of carbonyl (C=O) groups is 18. The quantitative estimate of drug-likeness (QED) is 0.0251. The van der Waals surface area contributed by atoms with Crippen molar-refractivity contribution in [3.8, 4) is 0 Å². The summed E-state index contributed by atoms with van der Waals surface area (Å²) in [6, 6.07) is 0. The second-order valence-corrected chi connectivity index (χ2v) is 30.7. The Morgan fingerprint density at radius 2 is 0.103 bits per heavy atom. The highest BCUT2D eigenvalue weighted by Gasteiger charge is 2.08. The predicted molar refractivity (Wildman–Crippen MR) is 470 cm³/mol. The Balaban J connectivity index is -0.000000175. The topological polar surface area (TPSA) is 671 Å². The maximum Gasteiger partial charge on any atom is 0.303 e. The summed E-state index contributed by atoms with van der Waals surface area (Å²) in [6.07, 6.45) is 52.4. The lowest BCUT2D eigenvalue weighted by Gasteiger charge is -1.98. The van der Waals surface area contributed by atoms with Crippen molar-refractivity contribution in [2.24, 2.45) is 0 Å². The molecule has 0 atom stereocenters. The van der Waals surface area contributed by atoms with Gasteiger partial charge in [-0.05, 0) is 116 Å². The molecule has 0 aliphatic heterocycles. The Bertz CT molecular complexity index is 1980. The molecule has 0 aromatic rings. The van der Waals surface area contributed by atoms with Gasteiger partial charge in [0.15, 0.2) is 0 Å². The average Bonchev–Trinajstić information content (AvgIpc) is 1.12. The standard InChI is InChI=1S/9C10H18O4/c9*11-9(12)7-5-3-1-2-4-6-8-10(13)14/h9*1-8H2,(H,11,12)(H,13,14). The Hall–Kier alpha value is -9.54. The predicted octanol–water partition coefficient (Wildman–Crippen LogP) is 20.5. The van der Waals surface area contributed by atoms with Crippen molar-refractivity contribution in [3.63, 3.8) is 0 Å². The molecule has 0 aliphatic carbocycles. The summed E-state index contributed by atoms with van der Waals surface area (Å²) in [5.74, 6) is -13.3. The summed E-state index contributed by atoms with van der Waals surface area (Å²) in [4.78, 5) is 183. The molecule has 738 valence electrons. The Kier molecular flexibility index (Phi) is 119. The van der Waals surface area contributed by atoms with Crippen LogP contribution in [0.15, 0.2) is 0 Å². The van der Waals surface area contributed by atoms with Gasteiger partial charge in [0, 0.05) is 116 Å².